The van der Waals surface area contributed by atoms with Gasteiger partial charge in [-0.3, -0.25) is 4.79 Å². The molecule has 0 N–H and O–H groups in total. The van der Waals surface area contributed by atoms with Crippen LogP contribution in [0.1, 0.15) is 12.2 Å². The van der Waals surface area contributed by atoms with Crippen LogP contribution in [0, 0.1) is 18.3 Å². The van der Waals surface area contributed by atoms with Crippen molar-refractivity contribution in [2.45, 2.75) is 18.4 Å². The molecule has 0 spiro atoms. The van der Waals surface area contributed by atoms with Crippen molar-refractivity contribution in [3.63, 3.8) is 0 Å². The summed E-state index contributed by atoms with van der Waals surface area (Å²) in [5.41, 5.74) is 1.52. The minimum Gasteiger partial charge on any atom is -0.495 e. The molecule has 0 bridgehead atoms. The highest BCUT2D eigenvalue weighted by Gasteiger charge is 2.20. The van der Waals surface area contributed by atoms with Crippen LogP contribution in [0.25, 0.3) is 10.9 Å². The van der Waals surface area contributed by atoms with Gasteiger partial charge in [-0.1, -0.05) is 42.1 Å². The van der Waals surface area contributed by atoms with Gasteiger partial charge in [-0.25, -0.2) is 9.97 Å². The molecule has 3 rings (SSSR count). The van der Waals surface area contributed by atoms with Gasteiger partial charge in [0.1, 0.15) is 16.6 Å². The first-order valence-corrected chi connectivity index (χ1v) is 9.79. The maximum absolute atomic E-state index is 13.0. The highest BCUT2D eigenvalue weighted by atomic mass is 32.2. The average Bonchev–Trinajstić information content (AvgIpc) is 2.72. The van der Waals surface area contributed by atoms with Crippen LogP contribution in [-0.4, -0.2) is 35.3 Å². The topological polar surface area (TPSA) is 79.1 Å². The van der Waals surface area contributed by atoms with Gasteiger partial charge in [-0.05, 0) is 25.1 Å². The minimum atomic E-state index is -0.106. The lowest BCUT2D eigenvalue weighted by molar-refractivity contribution is -0.116. The molecule has 0 unspecified atom stereocenters. The second-order valence-electron chi connectivity index (χ2n) is 6.01. The van der Waals surface area contributed by atoms with Crippen molar-refractivity contribution in [2.24, 2.45) is 0 Å². The Balaban J connectivity index is 1.84. The highest BCUT2D eigenvalue weighted by molar-refractivity contribution is 8.00. The minimum absolute atomic E-state index is 0.106. The Morgan fingerprint density at radius 1 is 1.18 bits per heavy atom. The third-order valence-electron chi connectivity index (χ3n) is 4.14. The first kappa shape index (κ1) is 19.6. The van der Waals surface area contributed by atoms with E-state index in [4.69, 9.17) is 10.00 Å². The number of nitrogens with zero attached hydrogens (tertiary/aromatic N) is 4. The van der Waals surface area contributed by atoms with Crippen LogP contribution in [0.5, 0.6) is 5.75 Å². The molecule has 0 atom stereocenters. The number of anilines is 1. The van der Waals surface area contributed by atoms with Gasteiger partial charge in [0, 0.05) is 11.9 Å². The number of methoxy groups -OCH3 is 1. The largest absolute Gasteiger partial charge is 0.495 e. The number of hydrogen-bond donors (Lipinski definition) is 0. The van der Waals surface area contributed by atoms with Crippen LogP contribution in [0.2, 0.25) is 0 Å². The van der Waals surface area contributed by atoms with E-state index in [1.54, 1.807) is 18.1 Å². The van der Waals surface area contributed by atoms with E-state index in [0.717, 1.165) is 15.9 Å². The van der Waals surface area contributed by atoms with Crippen LogP contribution < -0.4 is 9.64 Å². The fourth-order valence-corrected chi connectivity index (χ4v) is 3.81. The van der Waals surface area contributed by atoms with Crippen molar-refractivity contribution in [3.05, 3.63) is 54.4 Å². The van der Waals surface area contributed by atoms with Crippen molar-refractivity contribution in [3.8, 4) is 11.8 Å². The summed E-state index contributed by atoms with van der Waals surface area (Å²) in [4.78, 5) is 23.6. The monoisotopic (exact) mass is 392 g/mol. The number of aromatic nitrogens is 2. The molecule has 142 valence electrons. The Labute approximate surface area is 168 Å². The molecule has 1 amide bonds. The van der Waals surface area contributed by atoms with Crippen LogP contribution >= 0.6 is 11.8 Å². The van der Waals surface area contributed by atoms with Crippen molar-refractivity contribution in [1.82, 2.24) is 9.97 Å². The number of carbonyl (C=O) groups is 1. The van der Waals surface area contributed by atoms with Crippen molar-refractivity contribution >= 4 is 34.3 Å². The Morgan fingerprint density at radius 2 is 1.93 bits per heavy atom. The van der Waals surface area contributed by atoms with E-state index in [2.05, 4.69) is 16.0 Å². The molecule has 0 fully saturated rings. The number of rotatable bonds is 7. The average molecular weight is 392 g/mol. The van der Waals surface area contributed by atoms with Gasteiger partial charge in [0.2, 0.25) is 5.91 Å². The third kappa shape index (κ3) is 4.41. The number of aryl methyl sites for hydroxylation is 1. The molecule has 28 heavy (non-hydrogen) atoms. The predicted molar refractivity (Wildman–Crippen MR) is 111 cm³/mol. The second-order valence-corrected chi connectivity index (χ2v) is 6.97. The number of para-hydroxylation sites is 3. The summed E-state index contributed by atoms with van der Waals surface area (Å²) in [7, 11) is 1.57. The van der Waals surface area contributed by atoms with Crippen molar-refractivity contribution in [1.29, 1.82) is 5.26 Å². The molecular formula is C21H20N4O2S. The normalized spacial score (nSPS) is 10.5. The zero-order chi connectivity index (χ0) is 19.9. The Bertz CT molecular complexity index is 1030. The van der Waals surface area contributed by atoms with Crippen LogP contribution in [0.15, 0.2) is 53.6 Å². The van der Waals surface area contributed by atoms with Gasteiger partial charge in [0.15, 0.2) is 0 Å². The molecule has 1 heterocycles. The summed E-state index contributed by atoms with van der Waals surface area (Å²) in [5, 5.41) is 10.7. The van der Waals surface area contributed by atoms with Gasteiger partial charge in [-0.2, -0.15) is 5.26 Å². The molecule has 0 radical (unpaired) electrons. The maximum Gasteiger partial charge on any atom is 0.237 e. The Hall–Kier alpha value is -3.11. The van der Waals surface area contributed by atoms with Gasteiger partial charge in [0.25, 0.3) is 0 Å². The van der Waals surface area contributed by atoms with E-state index in [1.807, 2.05) is 49.4 Å². The number of benzene rings is 2. The summed E-state index contributed by atoms with van der Waals surface area (Å²) in [6, 6.07) is 17.2. The lowest BCUT2D eigenvalue weighted by Crippen LogP contribution is -2.33. The van der Waals surface area contributed by atoms with Gasteiger partial charge < -0.3 is 9.64 Å². The molecule has 0 saturated heterocycles. The van der Waals surface area contributed by atoms with E-state index < -0.39 is 0 Å². The van der Waals surface area contributed by atoms with Crippen LogP contribution in [0.4, 0.5) is 5.69 Å². The molecule has 7 heteroatoms. The number of amides is 1. The molecule has 2 aromatic carbocycles. The first-order chi connectivity index (χ1) is 13.6. The van der Waals surface area contributed by atoms with Crippen molar-refractivity contribution in [2.75, 3.05) is 24.3 Å². The lowest BCUT2D eigenvalue weighted by atomic mass is 10.2. The highest BCUT2D eigenvalue weighted by Crippen LogP contribution is 2.30. The molecule has 6 nitrogen and oxygen atoms in total. The van der Waals surface area contributed by atoms with Crippen molar-refractivity contribution < 1.29 is 9.53 Å². The SMILES string of the molecule is COc1ccccc1N(CCC#N)C(=O)CSc1nc(C)nc2ccccc12. The fourth-order valence-electron chi connectivity index (χ4n) is 2.87. The molecule has 0 aliphatic carbocycles. The molecule has 0 aliphatic heterocycles. The summed E-state index contributed by atoms with van der Waals surface area (Å²) in [6.07, 6.45) is 0.240. The predicted octanol–water partition coefficient (Wildman–Crippen LogP) is 3.99. The molecular weight excluding hydrogens is 372 g/mol. The summed E-state index contributed by atoms with van der Waals surface area (Å²) in [5.74, 6) is 1.36. The van der Waals surface area contributed by atoms with Gasteiger partial charge in [-0.15, -0.1) is 0 Å². The Morgan fingerprint density at radius 3 is 2.71 bits per heavy atom. The van der Waals surface area contributed by atoms with Crippen LogP contribution in [0.3, 0.4) is 0 Å². The first-order valence-electron chi connectivity index (χ1n) is 8.80. The van der Waals surface area contributed by atoms with E-state index >= 15 is 0 Å². The summed E-state index contributed by atoms with van der Waals surface area (Å²) < 4.78 is 5.39. The van der Waals surface area contributed by atoms with Gasteiger partial charge >= 0.3 is 0 Å². The smallest absolute Gasteiger partial charge is 0.237 e. The van der Waals surface area contributed by atoms with E-state index in [-0.39, 0.29) is 18.1 Å². The quantitative estimate of drug-likeness (QED) is 0.447. The zero-order valence-corrected chi connectivity index (χ0v) is 16.6. The zero-order valence-electron chi connectivity index (χ0n) is 15.8. The molecule has 1 aromatic heterocycles. The lowest BCUT2D eigenvalue weighted by Gasteiger charge is -2.23. The maximum atomic E-state index is 13.0. The number of fused-ring (bicyclic) bond motifs is 1. The standard InChI is InChI=1S/C21H20N4O2S/c1-15-23-17-9-4-3-8-16(17)21(24-15)28-14-20(26)25(13-7-12-22)18-10-5-6-11-19(18)27-2/h3-6,8-11H,7,13-14H2,1-2H3. The second kappa shape index (κ2) is 9.20. The number of ether oxygens (including phenoxy) is 1. The Kier molecular flexibility index (Phi) is 6.45. The number of carbonyl (C=O) groups excluding carboxylic acids is 1. The third-order valence-corrected chi connectivity index (χ3v) is 5.11. The molecule has 0 aliphatic rings. The van der Waals surface area contributed by atoms with Crippen LogP contribution in [-0.2, 0) is 4.79 Å². The molecule has 3 aromatic rings. The summed E-state index contributed by atoms with van der Waals surface area (Å²) in [6.45, 7) is 2.15. The number of nitriles is 1. The van der Waals surface area contributed by atoms with E-state index in [0.29, 0.717) is 23.8 Å². The fraction of sp³-hybridized carbons (Fsp3) is 0.238. The number of hydrogen-bond acceptors (Lipinski definition) is 6. The van der Waals surface area contributed by atoms with Gasteiger partial charge in [0.05, 0.1) is 36.6 Å². The summed E-state index contributed by atoms with van der Waals surface area (Å²) >= 11 is 1.38. The number of thioether (sulfide) groups is 1. The molecule has 0 saturated carbocycles. The van der Waals surface area contributed by atoms with E-state index in [1.165, 1.54) is 11.8 Å². The van der Waals surface area contributed by atoms with E-state index in [9.17, 15) is 4.79 Å².